The van der Waals surface area contributed by atoms with Gasteiger partial charge in [0.2, 0.25) is 5.95 Å². The van der Waals surface area contributed by atoms with E-state index in [1.165, 1.54) is 25.0 Å². The third kappa shape index (κ3) is 5.00. The third-order valence-electron chi connectivity index (χ3n) is 4.58. The molecule has 1 aromatic carbocycles. The first-order valence-electron chi connectivity index (χ1n) is 9.25. The number of nitrogens with zero attached hydrogens (tertiary/aromatic N) is 3. The number of benzene rings is 1. The zero-order chi connectivity index (χ0) is 18.4. The standard InChI is InChI=1S/C20H25FN4O/c1-15-14-18(24-20(23-15)25-12-4-2-3-5-13-25)19(26)22-11-10-16-6-8-17(21)9-7-16/h6-9,14H,2-5,10-13H2,1H3,(H,22,26). The average Bonchev–Trinajstić information content (AvgIpc) is 2.92. The van der Waals surface area contributed by atoms with E-state index in [-0.39, 0.29) is 11.7 Å². The van der Waals surface area contributed by atoms with E-state index in [0.29, 0.717) is 24.6 Å². The van der Waals surface area contributed by atoms with Crippen LogP contribution in [0.5, 0.6) is 0 Å². The van der Waals surface area contributed by atoms with Crippen molar-refractivity contribution in [3.8, 4) is 0 Å². The Morgan fingerprint density at radius 3 is 2.50 bits per heavy atom. The number of amides is 1. The van der Waals surface area contributed by atoms with Gasteiger partial charge in [0.05, 0.1) is 0 Å². The van der Waals surface area contributed by atoms with E-state index in [4.69, 9.17) is 0 Å². The van der Waals surface area contributed by atoms with Crippen molar-refractivity contribution in [1.29, 1.82) is 0 Å². The molecule has 0 aliphatic carbocycles. The predicted octanol–water partition coefficient (Wildman–Crippen LogP) is 3.28. The highest BCUT2D eigenvalue weighted by Gasteiger charge is 2.16. The van der Waals surface area contributed by atoms with Gasteiger partial charge in [-0.1, -0.05) is 25.0 Å². The van der Waals surface area contributed by atoms with E-state index in [1.54, 1.807) is 18.2 Å². The maximum atomic E-state index is 12.9. The van der Waals surface area contributed by atoms with Gasteiger partial charge < -0.3 is 10.2 Å². The zero-order valence-corrected chi connectivity index (χ0v) is 15.2. The van der Waals surface area contributed by atoms with Crippen molar-refractivity contribution >= 4 is 11.9 Å². The molecule has 1 N–H and O–H groups in total. The van der Waals surface area contributed by atoms with Crippen LogP contribution in [0.25, 0.3) is 0 Å². The number of rotatable bonds is 5. The minimum absolute atomic E-state index is 0.200. The van der Waals surface area contributed by atoms with E-state index in [9.17, 15) is 9.18 Å². The molecule has 2 heterocycles. The second-order valence-corrected chi connectivity index (χ2v) is 6.73. The van der Waals surface area contributed by atoms with Crippen LogP contribution in [0.4, 0.5) is 10.3 Å². The Kier molecular flexibility index (Phi) is 6.15. The summed E-state index contributed by atoms with van der Waals surface area (Å²) in [5.74, 6) is 0.194. The molecule has 0 bridgehead atoms. The van der Waals surface area contributed by atoms with Gasteiger partial charge >= 0.3 is 0 Å². The number of aromatic nitrogens is 2. The Labute approximate surface area is 153 Å². The molecular weight excluding hydrogens is 331 g/mol. The number of aryl methyl sites for hydroxylation is 1. The van der Waals surface area contributed by atoms with Crippen LogP contribution in [0.3, 0.4) is 0 Å². The lowest BCUT2D eigenvalue weighted by atomic mass is 10.1. The van der Waals surface area contributed by atoms with Crippen LogP contribution < -0.4 is 10.2 Å². The summed E-state index contributed by atoms with van der Waals surface area (Å²) in [5, 5.41) is 2.89. The highest BCUT2D eigenvalue weighted by Crippen LogP contribution is 2.16. The van der Waals surface area contributed by atoms with E-state index >= 15 is 0 Å². The Morgan fingerprint density at radius 2 is 1.81 bits per heavy atom. The van der Waals surface area contributed by atoms with Gasteiger partial charge in [0.15, 0.2) is 0 Å². The Hall–Kier alpha value is -2.50. The van der Waals surface area contributed by atoms with E-state index in [2.05, 4.69) is 20.2 Å². The summed E-state index contributed by atoms with van der Waals surface area (Å²) in [6.07, 6.45) is 5.39. The Morgan fingerprint density at radius 1 is 1.12 bits per heavy atom. The summed E-state index contributed by atoms with van der Waals surface area (Å²) in [7, 11) is 0. The van der Waals surface area contributed by atoms with Gasteiger partial charge in [-0.2, -0.15) is 0 Å². The molecule has 0 atom stereocenters. The van der Waals surface area contributed by atoms with Crippen molar-refractivity contribution in [3.63, 3.8) is 0 Å². The van der Waals surface area contributed by atoms with Crippen molar-refractivity contribution in [3.05, 3.63) is 53.1 Å². The third-order valence-corrected chi connectivity index (χ3v) is 4.58. The molecule has 1 amide bonds. The fourth-order valence-corrected chi connectivity index (χ4v) is 3.14. The molecule has 1 fully saturated rings. The number of halogens is 1. The topological polar surface area (TPSA) is 58.1 Å². The fourth-order valence-electron chi connectivity index (χ4n) is 3.14. The summed E-state index contributed by atoms with van der Waals surface area (Å²) in [6.45, 7) is 4.25. The van der Waals surface area contributed by atoms with Crippen LogP contribution in [0.2, 0.25) is 0 Å². The minimum atomic E-state index is -0.254. The lowest BCUT2D eigenvalue weighted by molar-refractivity contribution is 0.0949. The normalized spacial score (nSPS) is 14.8. The second kappa shape index (κ2) is 8.74. The summed E-state index contributed by atoms with van der Waals surface area (Å²) >= 11 is 0. The molecule has 26 heavy (non-hydrogen) atoms. The average molecular weight is 356 g/mol. The maximum Gasteiger partial charge on any atom is 0.270 e. The first-order chi connectivity index (χ1) is 12.6. The largest absolute Gasteiger partial charge is 0.350 e. The van der Waals surface area contributed by atoms with E-state index in [1.807, 2.05) is 6.92 Å². The molecule has 1 saturated heterocycles. The van der Waals surface area contributed by atoms with Gasteiger partial charge in [-0.15, -0.1) is 0 Å². The monoisotopic (exact) mass is 356 g/mol. The first kappa shape index (κ1) is 18.3. The minimum Gasteiger partial charge on any atom is -0.350 e. The molecule has 0 unspecified atom stereocenters. The van der Waals surface area contributed by atoms with Gasteiger partial charge in [-0.25, -0.2) is 14.4 Å². The number of hydrogen-bond acceptors (Lipinski definition) is 4. The van der Waals surface area contributed by atoms with Crippen molar-refractivity contribution in [2.75, 3.05) is 24.5 Å². The highest BCUT2D eigenvalue weighted by atomic mass is 19.1. The van der Waals surface area contributed by atoms with Gasteiger partial charge in [0.1, 0.15) is 11.5 Å². The van der Waals surface area contributed by atoms with E-state index < -0.39 is 0 Å². The van der Waals surface area contributed by atoms with Crippen LogP contribution in [-0.2, 0) is 6.42 Å². The highest BCUT2D eigenvalue weighted by molar-refractivity contribution is 5.92. The Balaban J connectivity index is 1.62. The van der Waals surface area contributed by atoms with Crippen LogP contribution in [0.15, 0.2) is 30.3 Å². The smallest absolute Gasteiger partial charge is 0.270 e. The second-order valence-electron chi connectivity index (χ2n) is 6.73. The lowest BCUT2D eigenvalue weighted by Crippen LogP contribution is -2.30. The molecule has 6 heteroatoms. The maximum absolute atomic E-state index is 12.9. The van der Waals surface area contributed by atoms with Crippen molar-refractivity contribution in [1.82, 2.24) is 15.3 Å². The predicted molar refractivity (Wildman–Crippen MR) is 99.9 cm³/mol. The van der Waals surface area contributed by atoms with Gasteiger partial charge in [-0.3, -0.25) is 4.79 Å². The summed E-state index contributed by atoms with van der Waals surface area (Å²) in [5.41, 5.74) is 2.18. The van der Waals surface area contributed by atoms with Crippen molar-refractivity contribution < 1.29 is 9.18 Å². The van der Waals surface area contributed by atoms with Crippen LogP contribution >= 0.6 is 0 Å². The molecule has 5 nitrogen and oxygen atoms in total. The first-order valence-corrected chi connectivity index (χ1v) is 9.25. The summed E-state index contributed by atoms with van der Waals surface area (Å²) in [4.78, 5) is 23.6. The lowest BCUT2D eigenvalue weighted by Gasteiger charge is -2.21. The molecule has 138 valence electrons. The molecule has 1 aliphatic heterocycles. The molecule has 0 radical (unpaired) electrons. The van der Waals surface area contributed by atoms with E-state index in [0.717, 1.165) is 37.2 Å². The van der Waals surface area contributed by atoms with Gasteiger partial charge in [0.25, 0.3) is 5.91 Å². The molecule has 1 aromatic heterocycles. The number of carbonyl (C=O) groups excluding carboxylic acids is 1. The van der Waals surface area contributed by atoms with Crippen molar-refractivity contribution in [2.45, 2.75) is 39.0 Å². The summed E-state index contributed by atoms with van der Waals surface area (Å²) < 4.78 is 12.9. The number of anilines is 1. The molecule has 1 aliphatic rings. The fraction of sp³-hybridized carbons (Fsp3) is 0.450. The quantitative estimate of drug-likeness (QED) is 0.893. The summed E-state index contributed by atoms with van der Waals surface area (Å²) in [6, 6.07) is 8.03. The molecule has 3 rings (SSSR count). The van der Waals surface area contributed by atoms with Crippen LogP contribution in [0, 0.1) is 12.7 Å². The molecular formula is C20H25FN4O. The number of hydrogen-bond donors (Lipinski definition) is 1. The zero-order valence-electron chi connectivity index (χ0n) is 15.2. The number of carbonyl (C=O) groups is 1. The molecule has 0 saturated carbocycles. The van der Waals surface area contributed by atoms with Crippen LogP contribution in [-0.4, -0.2) is 35.5 Å². The van der Waals surface area contributed by atoms with Crippen molar-refractivity contribution in [2.24, 2.45) is 0 Å². The van der Waals surface area contributed by atoms with Crippen LogP contribution in [0.1, 0.15) is 47.4 Å². The SMILES string of the molecule is Cc1cc(C(=O)NCCc2ccc(F)cc2)nc(N2CCCCCC2)n1. The van der Waals surface area contributed by atoms with Gasteiger partial charge in [-0.05, 0) is 49.9 Å². The van der Waals surface area contributed by atoms with Gasteiger partial charge in [0, 0.05) is 25.3 Å². The molecule has 2 aromatic rings. The number of nitrogens with one attached hydrogen (secondary N) is 1. The molecule has 0 spiro atoms. The Bertz CT molecular complexity index is 740.